The van der Waals surface area contributed by atoms with Gasteiger partial charge in [-0.05, 0) is 29.8 Å². The molecule has 0 aliphatic rings. The number of pyridine rings is 1. The zero-order chi connectivity index (χ0) is 16.5. The lowest BCUT2D eigenvalue weighted by Gasteiger charge is -2.12. The number of carbonyl (C=O) groups is 1. The molecule has 3 nitrogen and oxygen atoms in total. The summed E-state index contributed by atoms with van der Waals surface area (Å²) in [7, 11) is 0. The Balaban J connectivity index is 1.98. The quantitative estimate of drug-likeness (QED) is 0.528. The zero-order valence-electron chi connectivity index (χ0n) is 13.3. The van der Waals surface area contributed by atoms with Gasteiger partial charge in [-0.15, -0.1) is 0 Å². The molecule has 3 heteroatoms. The molecule has 0 spiro atoms. The SMILES string of the molecule is CC(=O)Nc1ccc(-c2c3ccccc3nc3ccccc23)cc1. The predicted molar refractivity (Wildman–Crippen MR) is 99.0 cm³/mol. The molecule has 0 aliphatic carbocycles. The molecule has 1 heterocycles. The van der Waals surface area contributed by atoms with Crippen LogP contribution in [0.4, 0.5) is 5.69 Å². The van der Waals surface area contributed by atoms with Crippen LogP contribution in [0.25, 0.3) is 32.9 Å². The Morgan fingerprint density at radius 1 is 0.792 bits per heavy atom. The van der Waals surface area contributed by atoms with E-state index >= 15 is 0 Å². The second-order valence-electron chi connectivity index (χ2n) is 5.78. The summed E-state index contributed by atoms with van der Waals surface area (Å²) in [5.74, 6) is -0.0671. The highest BCUT2D eigenvalue weighted by molar-refractivity contribution is 6.09. The molecule has 0 saturated heterocycles. The van der Waals surface area contributed by atoms with Crippen LogP contribution in [0, 0.1) is 0 Å². The summed E-state index contributed by atoms with van der Waals surface area (Å²) in [5.41, 5.74) is 5.05. The van der Waals surface area contributed by atoms with Gasteiger partial charge >= 0.3 is 0 Å². The minimum atomic E-state index is -0.0671. The summed E-state index contributed by atoms with van der Waals surface area (Å²) in [4.78, 5) is 16.0. The van der Waals surface area contributed by atoms with E-state index in [-0.39, 0.29) is 5.91 Å². The number of anilines is 1. The number of carbonyl (C=O) groups excluding carboxylic acids is 1. The topological polar surface area (TPSA) is 42.0 Å². The normalized spacial score (nSPS) is 10.9. The van der Waals surface area contributed by atoms with E-state index in [0.717, 1.165) is 33.1 Å². The van der Waals surface area contributed by atoms with Crippen molar-refractivity contribution in [1.29, 1.82) is 0 Å². The maximum Gasteiger partial charge on any atom is 0.221 e. The average Bonchev–Trinajstić information content (AvgIpc) is 2.60. The number of nitrogens with one attached hydrogen (secondary N) is 1. The Morgan fingerprint density at radius 2 is 1.33 bits per heavy atom. The maximum atomic E-state index is 11.2. The van der Waals surface area contributed by atoms with Crippen molar-refractivity contribution in [2.75, 3.05) is 5.32 Å². The third-order valence-corrected chi connectivity index (χ3v) is 4.08. The summed E-state index contributed by atoms with van der Waals surface area (Å²) in [5, 5.41) is 5.06. The highest BCUT2D eigenvalue weighted by Crippen LogP contribution is 2.35. The number of hydrogen-bond acceptors (Lipinski definition) is 2. The molecule has 0 atom stereocenters. The lowest BCUT2D eigenvalue weighted by molar-refractivity contribution is -0.114. The van der Waals surface area contributed by atoms with Crippen LogP contribution >= 0.6 is 0 Å². The van der Waals surface area contributed by atoms with Gasteiger partial charge < -0.3 is 5.32 Å². The summed E-state index contributed by atoms with van der Waals surface area (Å²) < 4.78 is 0. The molecule has 24 heavy (non-hydrogen) atoms. The van der Waals surface area contributed by atoms with E-state index in [0.29, 0.717) is 0 Å². The molecule has 0 unspecified atom stereocenters. The molecule has 4 aromatic rings. The van der Waals surface area contributed by atoms with Gasteiger partial charge in [-0.2, -0.15) is 0 Å². The van der Waals surface area contributed by atoms with Crippen molar-refractivity contribution >= 4 is 33.4 Å². The number of benzene rings is 3. The molecule has 0 bridgehead atoms. The van der Waals surface area contributed by atoms with Gasteiger partial charge in [0.05, 0.1) is 11.0 Å². The van der Waals surface area contributed by atoms with Crippen molar-refractivity contribution in [3.05, 3.63) is 72.8 Å². The first-order chi connectivity index (χ1) is 11.7. The lowest BCUT2D eigenvalue weighted by Crippen LogP contribution is -2.05. The smallest absolute Gasteiger partial charge is 0.221 e. The highest BCUT2D eigenvalue weighted by atomic mass is 16.1. The van der Waals surface area contributed by atoms with Crippen molar-refractivity contribution in [3.63, 3.8) is 0 Å². The number of hydrogen-bond donors (Lipinski definition) is 1. The molecule has 1 aromatic heterocycles. The van der Waals surface area contributed by atoms with E-state index in [2.05, 4.69) is 17.4 Å². The molecule has 0 saturated carbocycles. The molecule has 1 N–H and O–H groups in total. The second-order valence-corrected chi connectivity index (χ2v) is 5.78. The summed E-state index contributed by atoms with van der Waals surface area (Å²) in [6.45, 7) is 1.51. The average molecular weight is 312 g/mol. The molecule has 4 rings (SSSR count). The van der Waals surface area contributed by atoms with Crippen LogP contribution in [0.2, 0.25) is 0 Å². The summed E-state index contributed by atoms with van der Waals surface area (Å²) >= 11 is 0. The van der Waals surface area contributed by atoms with Gasteiger partial charge in [0.25, 0.3) is 0 Å². The van der Waals surface area contributed by atoms with E-state index in [1.165, 1.54) is 12.5 Å². The van der Waals surface area contributed by atoms with Gasteiger partial charge in [-0.25, -0.2) is 4.98 Å². The van der Waals surface area contributed by atoms with Crippen LogP contribution in [-0.2, 0) is 4.79 Å². The van der Waals surface area contributed by atoms with Gasteiger partial charge in [0.2, 0.25) is 5.91 Å². The van der Waals surface area contributed by atoms with E-state index in [1.54, 1.807) is 0 Å². The second kappa shape index (κ2) is 5.78. The predicted octanol–water partition coefficient (Wildman–Crippen LogP) is 5.01. The van der Waals surface area contributed by atoms with Crippen molar-refractivity contribution < 1.29 is 4.79 Å². The van der Waals surface area contributed by atoms with Gasteiger partial charge in [-0.1, -0.05) is 48.5 Å². The molecular weight excluding hydrogens is 296 g/mol. The van der Waals surface area contributed by atoms with Gasteiger partial charge in [0.15, 0.2) is 0 Å². The zero-order valence-corrected chi connectivity index (χ0v) is 13.3. The van der Waals surface area contributed by atoms with Crippen molar-refractivity contribution in [3.8, 4) is 11.1 Å². The van der Waals surface area contributed by atoms with Gasteiger partial charge in [0, 0.05) is 28.9 Å². The van der Waals surface area contributed by atoms with Gasteiger partial charge in [0.1, 0.15) is 0 Å². The molecule has 116 valence electrons. The number of aromatic nitrogens is 1. The fourth-order valence-electron chi connectivity index (χ4n) is 3.07. The van der Waals surface area contributed by atoms with Crippen LogP contribution in [-0.4, -0.2) is 10.9 Å². The fourth-order valence-corrected chi connectivity index (χ4v) is 3.07. The first-order valence-corrected chi connectivity index (χ1v) is 7.88. The van der Waals surface area contributed by atoms with Crippen LogP contribution in [0.3, 0.4) is 0 Å². The first-order valence-electron chi connectivity index (χ1n) is 7.88. The number of rotatable bonds is 2. The van der Waals surface area contributed by atoms with E-state index in [1.807, 2.05) is 60.7 Å². The monoisotopic (exact) mass is 312 g/mol. The maximum absolute atomic E-state index is 11.2. The fraction of sp³-hybridized carbons (Fsp3) is 0.0476. The van der Waals surface area contributed by atoms with Crippen molar-refractivity contribution in [1.82, 2.24) is 4.98 Å². The van der Waals surface area contributed by atoms with Crippen LogP contribution in [0.1, 0.15) is 6.92 Å². The Morgan fingerprint density at radius 3 is 1.88 bits per heavy atom. The molecule has 0 radical (unpaired) electrons. The minimum Gasteiger partial charge on any atom is -0.326 e. The molecule has 3 aromatic carbocycles. The van der Waals surface area contributed by atoms with Crippen LogP contribution < -0.4 is 5.32 Å². The minimum absolute atomic E-state index is 0.0671. The van der Waals surface area contributed by atoms with E-state index < -0.39 is 0 Å². The highest BCUT2D eigenvalue weighted by Gasteiger charge is 2.10. The summed E-state index contributed by atoms with van der Waals surface area (Å²) in [6, 6.07) is 24.3. The standard InChI is InChI=1S/C21H16N2O/c1-14(24)22-16-12-10-15(11-13-16)21-17-6-2-4-8-19(17)23-20-9-5-3-7-18(20)21/h2-13H,1H3,(H,22,24). The molecular formula is C21H16N2O. The van der Waals surface area contributed by atoms with E-state index in [4.69, 9.17) is 4.98 Å². The Hall–Kier alpha value is -3.20. The Bertz CT molecular complexity index is 998. The van der Waals surface area contributed by atoms with E-state index in [9.17, 15) is 4.79 Å². The molecule has 0 fully saturated rings. The van der Waals surface area contributed by atoms with Crippen LogP contribution in [0.5, 0.6) is 0 Å². The van der Waals surface area contributed by atoms with Gasteiger partial charge in [-0.3, -0.25) is 4.79 Å². The summed E-state index contributed by atoms with van der Waals surface area (Å²) in [6.07, 6.45) is 0. The van der Waals surface area contributed by atoms with Crippen molar-refractivity contribution in [2.24, 2.45) is 0 Å². The first kappa shape index (κ1) is 14.4. The van der Waals surface area contributed by atoms with Crippen molar-refractivity contribution in [2.45, 2.75) is 6.92 Å². The third kappa shape index (κ3) is 2.50. The molecule has 0 aliphatic heterocycles. The number of amides is 1. The Labute approximate surface area is 140 Å². The molecule has 1 amide bonds. The number of para-hydroxylation sites is 2. The number of fused-ring (bicyclic) bond motifs is 2. The van der Waals surface area contributed by atoms with Crippen LogP contribution in [0.15, 0.2) is 72.8 Å². The lowest BCUT2D eigenvalue weighted by atomic mass is 9.96. The third-order valence-electron chi connectivity index (χ3n) is 4.08. The number of nitrogens with zero attached hydrogens (tertiary/aromatic N) is 1. The largest absolute Gasteiger partial charge is 0.326 e. The Kier molecular flexibility index (Phi) is 3.47.